The van der Waals surface area contributed by atoms with Crippen molar-refractivity contribution in [3.8, 4) is 0 Å². The van der Waals surface area contributed by atoms with Gasteiger partial charge in [-0.3, -0.25) is 0 Å². The van der Waals surface area contributed by atoms with Crippen LogP contribution in [-0.4, -0.2) is 49.6 Å². The third-order valence-electron chi connectivity index (χ3n) is 3.07. The number of halogens is 2. The topological polar surface area (TPSA) is 83.9 Å². The Morgan fingerprint density at radius 1 is 1.52 bits per heavy atom. The molecule has 6 nitrogen and oxygen atoms in total. The summed E-state index contributed by atoms with van der Waals surface area (Å²) in [5.41, 5.74) is -0.258. The molecule has 0 saturated carbocycles. The van der Waals surface area contributed by atoms with Crippen LogP contribution in [0.3, 0.4) is 0 Å². The van der Waals surface area contributed by atoms with Gasteiger partial charge in [-0.2, -0.15) is 4.31 Å². The SMILES string of the molecule is CC1CN(S(=O)(=O)c2cc(Br)c(Cl)c(C(=O)O)c2)CCO1. The van der Waals surface area contributed by atoms with Crippen molar-refractivity contribution >= 4 is 43.5 Å². The van der Waals surface area contributed by atoms with Crippen LogP contribution in [-0.2, 0) is 14.8 Å². The lowest BCUT2D eigenvalue weighted by molar-refractivity contribution is 0.0102. The standard InChI is InChI=1S/C12H13BrClNO5S/c1-7-6-15(2-3-20-7)21(18,19)8-4-9(12(16)17)11(14)10(13)5-8/h4-5,7H,2-3,6H2,1H3,(H,16,17). The number of benzene rings is 1. The van der Waals surface area contributed by atoms with Crippen LogP contribution in [0.15, 0.2) is 21.5 Å². The molecule has 1 saturated heterocycles. The number of rotatable bonds is 3. The summed E-state index contributed by atoms with van der Waals surface area (Å²) in [6.07, 6.45) is -0.205. The molecule has 0 amide bonds. The first-order valence-corrected chi connectivity index (χ1v) is 8.68. The highest BCUT2D eigenvalue weighted by Gasteiger charge is 2.30. The number of hydrogen-bond acceptors (Lipinski definition) is 4. The zero-order chi connectivity index (χ0) is 15.8. The number of aromatic carboxylic acids is 1. The van der Waals surface area contributed by atoms with Crippen LogP contribution in [0.4, 0.5) is 0 Å². The number of hydrogen-bond donors (Lipinski definition) is 1. The highest BCUT2D eigenvalue weighted by molar-refractivity contribution is 9.10. The van der Waals surface area contributed by atoms with Gasteiger partial charge in [-0.1, -0.05) is 11.6 Å². The highest BCUT2D eigenvalue weighted by atomic mass is 79.9. The lowest BCUT2D eigenvalue weighted by Gasteiger charge is -2.30. The number of nitrogens with zero attached hydrogens (tertiary/aromatic N) is 1. The molecule has 1 atom stereocenters. The van der Waals surface area contributed by atoms with E-state index >= 15 is 0 Å². The summed E-state index contributed by atoms with van der Waals surface area (Å²) in [5.74, 6) is -1.28. The average Bonchev–Trinajstić information content (AvgIpc) is 2.41. The summed E-state index contributed by atoms with van der Waals surface area (Å²) < 4.78 is 32.0. The second-order valence-electron chi connectivity index (χ2n) is 4.62. The van der Waals surface area contributed by atoms with E-state index in [-0.39, 0.29) is 39.1 Å². The maximum absolute atomic E-state index is 12.6. The monoisotopic (exact) mass is 397 g/mol. The molecule has 0 spiro atoms. The van der Waals surface area contributed by atoms with E-state index < -0.39 is 16.0 Å². The summed E-state index contributed by atoms with van der Waals surface area (Å²) in [4.78, 5) is 11.0. The van der Waals surface area contributed by atoms with E-state index in [0.717, 1.165) is 6.07 Å². The predicted molar refractivity (Wildman–Crippen MR) is 80.3 cm³/mol. The number of carboxylic acid groups (broad SMARTS) is 1. The van der Waals surface area contributed by atoms with Gasteiger partial charge in [-0.15, -0.1) is 0 Å². The van der Waals surface area contributed by atoms with Crippen LogP contribution in [0.5, 0.6) is 0 Å². The van der Waals surface area contributed by atoms with Crippen molar-refractivity contribution in [2.24, 2.45) is 0 Å². The fraction of sp³-hybridized carbons (Fsp3) is 0.417. The molecule has 1 heterocycles. The number of morpholine rings is 1. The van der Waals surface area contributed by atoms with Crippen LogP contribution in [0.2, 0.25) is 5.02 Å². The van der Waals surface area contributed by atoms with Gasteiger partial charge in [0.2, 0.25) is 10.0 Å². The minimum Gasteiger partial charge on any atom is -0.478 e. The Morgan fingerprint density at radius 2 is 2.19 bits per heavy atom. The van der Waals surface area contributed by atoms with Gasteiger partial charge in [0.25, 0.3) is 0 Å². The fourth-order valence-electron chi connectivity index (χ4n) is 2.02. The first kappa shape index (κ1) is 16.7. The molecule has 21 heavy (non-hydrogen) atoms. The van der Waals surface area contributed by atoms with E-state index in [4.69, 9.17) is 21.4 Å². The third kappa shape index (κ3) is 3.40. The second-order valence-corrected chi connectivity index (χ2v) is 7.79. The zero-order valence-electron chi connectivity index (χ0n) is 11.0. The van der Waals surface area contributed by atoms with Gasteiger partial charge >= 0.3 is 5.97 Å². The normalized spacial score (nSPS) is 20.4. The molecule has 1 aromatic carbocycles. The molecule has 1 aliphatic rings. The number of ether oxygens (including phenoxy) is 1. The quantitative estimate of drug-likeness (QED) is 0.844. The maximum Gasteiger partial charge on any atom is 0.337 e. The molecule has 1 aliphatic heterocycles. The fourth-order valence-corrected chi connectivity index (χ4v) is 4.38. The Morgan fingerprint density at radius 3 is 2.76 bits per heavy atom. The summed E-state index contributed by atoms with van der Waals surface area (Å²) in [6, 6.07) is 2.38. The Hall–Kier alpha value is -0.670. The molecule has 9 heteroatoms. The van der Waals surface area contributed by atoms with Crippen molar-refractivity contribution < 1.29 is 23.1 Å². The second kappa shape index (κ2) is 6.21. The van der Waals surface area contributed by atoms with Gasteiger partial charge in [0.15, 0.2) is 0 Å². The molecule has 1 aromatic rings. The van der Waals surface area contributed by atoms with E-state index in [1.165, 1.54) is 10.4 Å². The average molecular weight is 399 g/mol. The van der Waals surface area contributed by atoms with Crippen LogP contribution in [0.25, 0.3) is 0 Å². The number of carbonyl (C=O) groups is 1. The maximum atomic E-state index is 12.6. The van der Waals surface area contributed by atoms with E-state index in [1.54, 1.807) is 6.92 Å². The van der Waals surface area contributed by atoms with Gasteiger partial charge < -0.3 is 9.84 Å². The predicted octanol–water partition coefficient (Wildman–Crippen LogP) is 2.21. The Bertz CT molecular complexity index is 678. The van der Waals surface area contributed by atoms with Crippen molar-refractivity contribution in [1.29, 1.82) is 0 Å². The largest absolute Gasteiger partial charge is 0.478 e. The Kier molecular flexibility index (Phi) is 4.94. The molecule has 0 aliphatic carbocycles. The van der Waals surface area contributed by atoms with E-state index in [0.29, 0.717) is 6.61 Å². The molecule has 2 rings (SSSR count). The van der Waals surface area contributed by atoms with Gasteiger partial charge in [0.05, 0.1) is 28.2 Å². The summed E-state index contributed by atoms with van der Waals surface area (Å²) in [5, 5.41) is 9.07. The van der Waals surface area contributed by atoms with Crippen molar-refractivity contribution in [3.63, 3.8) is 0 Å². The van der Waals surface area contributed by atoms with Crippen LogP contribution < -0.4 is 0 Å². The van der Waals surface area contributed by atoms with Crippen molar-refractivity contribution in [3.05, 3.63) is 27.2 Å². The van der Waals surface area contributed by atoms with E-state index in [2.05, 4.69) is 15.9 Å². The summed E-state index contributed by atoms with van der Waals surface area (Å²) in [6.45, 7) is 2.55. The molecule has 0 aromatic heterocycles. The third-order valence-corrected chi connectivity index (χ3v) is 6.18. The van der Waals surface area contributed by atoms with Crippen molar-refractivity contribution in [2.45, 2.75) is 17.9 Å². The first-order chi connectivity index (χ1) is 9.73. The van der Waals surface area contributed by atoms with Crippen LogP contribution >= 0.6 is 27.5 Å². The lowest BCUT2D eigenvalue weighted by Crippen LogP contribution is -2.44. The molecule has 1 fully saturated rings. The van der Waals surface area contributed by atoms with Crippen molar-refractivity contribution in [2.75, 3.05) is 19.7 Å². The van der Waals surface area contributed by atoms with E-state index in [9.17, 15) is 13.2 Å². The van der Waals surface area contributed by atoms with Gasteiger partial charge in [0.1, 0.15) is 0 Å². The Balaban J connectivity index is 2.47. The molecule has 0 radical (unpaired) electrons. The molecule has 1 N–H and O–H groups in total. The summed E-state index contributed by atoms with van der Waals surface area (Å²) in [7, 11) is -3.79. The molecule has 116 valence electrons. The minimum absolute atomic E-state index is 0.0307. The minimum atomic E-state index is -3.79. The zero-order valence-corrected chi connectivity index (χ0v) is 14.2. The van der Waals surface area contributed by atoms with Crippen LogP contribution in [0.1, 0.15) is 17.3 Å². The smallest absolute Gasteiger partial charge is 0.337 e. The lowest BCUT2D eigenvalue weighted by atomic mass is 10.2. The number of sulfonamides is 1. The molecule has 0 bridgehead atoms. The van der Waals surface area contributed by atoms with E-state index in [1.807, 2.05) is 0 Å². The molecule has 1 unspecified atom stereocenters. The Labute approximate surface area is 135 Å². The summed E-state index contributed by atoms with van der Waals surface area (Å²) >= 11 is 8.95. The van der Waals surface area contributed by atoms with Gasteiger partial charge in [-0.05, 0) is 35.0 Å². The first-order valence-electron chi connectivity index (χ1n) is 6.07. The molecular weight excluding hydrogens is 386 g/mol. The van der Waals surface area contributed by atoms with Crippen LogP contribution in [0, 0.1) is 0 Å². The van der Waals surface area contributed by atoms with Crippen molar-refractivity contribution in [1.82, 2.24) is 4.31 Å². The number of carboxylic acids is 1. The van der Waals surface area contributed by atoms with Gasteiger partial charge in [0, 0.05) is 17.6 Å². The highest BCUT2D eigenvalue weighted by Crippen LogP contribution is 2.31. The van der Waals surface area contributed by atoms with Gasteiger partial charge in [-0.25, -0.2) is 13.2 Å². The molecular formula is C12H13BrClNO5S.